The van der Waals surface area contributed by atoms with E-state index in [1.165, 1.54) is 11.3 Å². The Morgan fingerprint density at radius 2 is 1.87 bits per heavy atom. The molecule has 1 amide bonds. The number of anilines is 1. The fourth-order valence-corrected chi connectivity index (χ4v) is 9.91. The second-order valence-electron chi connectivity index (χ2n) is 13.4. The van der Waals surface area contributed by atoms with Crippen LogP contribution in [0.3, 0.4) is 0 Å². The van der Waals surface area contributed by atoms with Gasteiger partial charge in [-0.25, -0.2) is 18.1 Å². The van der Waals surface area contributed by atoms with Crippen molar-refractivity contribution >= 4 is 65.8 Å². The lowest BCUT2D eigenvalue weighted by atomic mass is 9.77. The number of thiazole rings is 1. The molecule has 10 nitrogen and oxygen atoms in total. The first-order valence-electron chi connectivity index (χ1n) is 16.1. The Labute approximate surface area is 287 Å². The van der Waals surface area contributed by atoms with Gasteiger partial charge in [-0.1, -0.05) is 45.8 Å². The number of carbonyl (C=O) groups is 1. The fraction of sp³-hybridized carbons (Fsp3) is 0.485. The molecule has 0 spiro atoms. The van der Waals surface area contributed by atoms with Gasteiger partial charge in [0.25, 0.3) is 5.91 Å². The molecule has 2 aliphatic heterocycles. The minimum Gasteiger partial charge on any atom is -0.492 e. The maximum Gasteiger partial charge on any atom is 0.264 e. The van der Waals surface area contributed by atoms with Crippen LogP contribution < -0.4 is 19.7 Å². The van der Waals surface area contributed by atoms with Gasteiger partial charge in [-0.15, -0.1) is 0 Å². The molecule has 3 saturated carbocycles. The molecule has 14 heteroatoms. The third kappa shape index (κ3) is 5.59. The molecule has 9 rings (SSSR count). The molecule has 248 valence electrons. The number of aromatic nitrogens is 2. The van der Waals surface area contributed by atoms with Gasteiger partial charge in [0.1, 0.15) is 22.7 Å². The summed E-state index contributed by atoms with van der Waals surface area (Å²) in [6, 6.07) is 9.76. The highest BCUT2D eigenvalue weighted by molar-refractivity contribution is 7.91. The van der Waals surface area contributed by atoms with E-state index >= 15 is 0 Å². The summed E-state index contributed by atoms with van der Waals surface area (Å²) in [5.74, 6) is 1.15. The smallest absolute Gasteiger partial charge is 0.264 e. The van der Waals surface area contributed by atoms with Gasteiger partial charge in [0.15, 0.2) is 5.13 Å². The normalized spacial score (nSPS) is 23.1. The number of fused-ring (bicyclic) bond motifs is 3. The van der Waals surface area contributed by atoms with E-state index in [2.05, 4.69) is 20.1 Å². The minimum atomic E-state index is -3.76. The summed E-state index contributed by atoms with van der Waals surface area (Å²) in [4.78, 5) is 20.4. The lowest BCUT2D eigenvalue weighted by molar-refractivity contribution is 0.0980. The third-order valence-corrected chi connectivity index (χ3v) is 13.8. The zero-order chi connectivity index (χ0) is 32.7. The summed E-state index contributed by atoms with van der Waals surface area (Å²) < 4.78 is 39.4. The van der Waals surface area contributed by atoms with Crippen LogP contribution in [0, 0.1) is 0 Å². The summed E-state index contributed by atoms with van der Waals surface area (Å²) in [6.07, 6.45) is 6.30. The van der Waals surface area contributed by atoms with E-state index in [4.69, 9.17) is 37.4 Å². The van der Waals surface area contributed by atoms with E-state index < -0.39 is 20.7 Å². The van der Waals surface area contributed by atoms with E-state index in [0.29, 0.717) is 82.6 Å². The Morgan fingerprint density at radius 1 is 1.15 bits per heavy atom. The number of hydrogen-bond donors (Lipinski definition) is 2. The highest BCUT2D eigenvalue weighted by Crippen LogP contribution is 2.48. The first-order chi connectivity index (χ1) is 22.5. The van der Waals surface area contributed by atoms with Crippen LogP contribution in [0.4, 0.5) is 5.13 Å². The second-order valence-corrected chi connectivity index (χ2v) is 17.4. The van der Waals surface area contributed by atoms with Crippen LogP contribution in [0.5, 0.6) is 5.75 Å². The van der Waals surface area contributed by atoms with Crippen LogP contribution in [0.1, 0.15) is 86.4 Å². The highest BCUT2D eigenvalue weighted by Gasteiger charge is 2.51. The highest BCUT2D eigenvalue weighted by atomic mass is 35.5. The van der Waals surface area contributed by atoms with Crippen molar-refractivity contribution in [3.63, 3.8) is 0 Å². The molecule has 2 atom stereocenters. The Kier molecular flexibility index (Phi) is 7.75. The van der Waals surface area contributed by atoms with E-state index in [1.807, 2.05) is 25.1 Å². The summed E-state index contributed by atoms with van der Waals surface area (Å²) in [5, 5.41) is 10.2. The van der Waals surface area contributed by atoms with Crippen molar-refractivity contribution < 1.29 is 22.5 Å². The monoisotopic (exact) mass is 715 g/mol. The molecule has 2 saturated heterocycles. The van der Waals surface area contributed by atoms with E-state index in [1.54, 1.807) is 19.1 Å². The number of piperidine rings is 1. The van der Waals surface area contributed by atoms with Gasteiger partial charge in [0.05, 0.1) is 26.1 Å². The standard InChI is InChI=1S/C33H35Cl2N5O5S2/c1-3-44-25-11-18(31(41)39-47(42,43)33(2)9-10-33)12-26-29(25)37-32(46-26)40-20-13-19(14-21(40)15-20)36-16-22-28(38-45-30(22)17-7-8-17)27-23(34)5-4-6-24(27)35/h4-6,11-12,17,19-21,36H,3,7-10,13-16H2,1-2H3,(H,39,41). The van der Waals surface area contributed by atoms with E-state index in [9.17, 15) is 13.2 Å². The number of carbonyl (C=O) groups excluding carboxylic acids is 1. The van der Waals surface area contributed by atoms with Crippen LogP contribution in [-0.4, -0.2) is 53.9 Å². The van der Waals surface area contributed by atoms with Crippen molar-refractivity contribution in [2.75, 3.05) is 11.5 Å². The molecule has 5 aliphatic rings. The Morgan fingerprint density at radius 3 is 2.53 bits per heavy atom. The van der Waals surface area contributed by atoms with Crippen molar-refractivity contribution in [3.05, 3.63) is 57.3 Å². The van der Waals surface area contributed by atoms with Gasteiger partial charge < -0.3 is 19.5 Å². The van der Waals surface area contributed by atoms with Gasteiger partial charge >= 0.3 is 0 Å². The lowest BCUT2D eigenvalue weighted by Gasteiger charge is -2.55. The largest absolute Gasteiger partial charge is 0.492 e. The molecular formula is C33H35Cl2N5O5S2. The molecule has 4 heterocycles. The van der Waals surface area contributed by atoms with Crippen LogP contribution >= 0.6 is 34.5 Å². The van der Waals surface area contributed by atoms with Crippen LogP contribution in [0.2, 0.25) is 10.0 Å². The molecule has 2 unspecified atom stereocenters. The fourth-order valence-electron chi connectivity index (χ4n) is 6.92. The molecule has 4 aromatic rings. The summed E-state index contributed by atoms with van der Waals surface area (Å²) in [7, 11) is -3.76. The van der Waals surface area contributed by atoms with Gasteiger partial charge in [0.2, 0.25) is 10.0 Å². The second kappa shape index (κ2) is 11.6. The number of rotatable bonds is 11. The third-order valence-electron chi connectivity index (χ3n) is 10.0. The number of ether oxygens (including phenoxy) is 1. The molecule has 3 aliphatic carbocycles. The Bertz CT molecular complexity index is 1970. The van der Waals surface area contributed by atoms with E-state index in [0.717, 1.165) is 53.3 Å². The lowest BCUT2D eigenvalue weighted by Crippen LogP contribution is -2.64. The number of benzene rings is 2. The van der Waals surface area contributed by atoms with Crippen molar-refractivity contribution in [2.24, 2.45) is 0 Å². The van der Waals surface area contributed by atoms with Crippen molar-refractivity contribution in [1.82, 2.24) is 20.2 Å². The van der Waals surface area contributed by atoms with Gasteiger partial charge in [-0.3, -0.25) is 4.79 Å². The first-order valence-corrected chi connectivity index (χ1v) is 19.2. The summed E-state index contributed by atoms with van der Waals surface area (Å²) >= 11 is 14.6. The maximum atomic E-state index is 13.1. The van der Waals surface area contributed by atoms with E-state index in [-0.39, 0.29) is 5.56 Å². The molecule has 2 aromatic carbocycles. The number of hydrogen-bond acceptors (Lipinski definition) is 10. The number of nitrogens with zero attached hydrogens (tertiary/aromatic N) is 3. The Hall–Kier alpha value is -2.90. The number of nitrogens with one attached hydrogen (secondary N) is 2. The summed E-state index contributed by atoms with van der Waals surface area (Å²) in [6.45, 7) is 4.54. The van der Waals surface area contributed by atoms with Gasteiger partial charge in [-0.05, 0) is 83.1 Å². The minimum absolute atomic E-state index is 0.244. The molecule has 5 fully saturated rings. The average molecular weight is 717 g/mol. The Balaban J connectivity index is 0.989. The first kappa shape index (κ1) is 31.4. The quantitative estimate of drug-likeness (QED) is 0.168. The predicted molar refractivity (Wildman–Crippen MR) is 183 cm³/mol. The molecular weight excluding hydrogens is 681 g/mol. The van der Waals surface area contributed by atoms with Gasteiger partial charge in [-0.2, -0.15) is 0 Å². The van der Waals surface area contributed by atoms with Gasteiger partial charge in [0, 0.05) is 47.3 Å². The number of sulfonamides is 1. The van der Waals surface area contributed by atoms with Crippen LogP contribution in [-0.2, 0) is 16.6 Å². The average Bonchev–Trinajstić information content (AvgIpc) is 3.94. The van der Waals surface area contributed by atoms with Crippen LogP contribution in [0.15, 0.2) is 34.9 Å². The number of halogens is 2. The molecule has 2 aromatic heterocycles. The SMILES string of the molecule is CCOc1cc(C(=O)NS(=O)(=O)C2(C)CC2)cc2sc(N3C4CC(NCc5c(-c6c(Cl)cccc6Cl)noc5C5CC5)CC3C4)nc12. The molecule has 2 bridgehead atoms. The topological polar surface area (TPSA) is 127 Å². The summed E-state index contributed by atoms with van der Waals surface area (Å²) in [5.41, 5.74) is 3.39. The molecule has 47 heavy (non-hydrogen) atoms. The zero-order valence-corrected chi connectivity index (χ0v) is 29.2. The number of amides is 1. The maximum absolute atomic E-state index is 13.1. The van der Waals surface area contributed by atoms with Crippen molar-refractivity contribution in [1.29, 1.82) is 0 Å². The zero-order valence-electron chi connectivity index (χ0n) is 26.0. The predicted octanol–water partition coefficient (Wildman–Crippen LogP) is 7.05. The van der Waals surface area contributed by atoms with Crippen molar-refractivity contribution in [3.8, 4) is 17.0 Å². The molecule has 0 radical (unpaired) electrons. The van der Waals surface area contributed by atoms with Crippen LogP contribution in [0.25, 0.3) is 21.5 Å². The van der Waals surface area contributed by atoms with Crippen molar-refractivity contribution in [2.45, 2.75) is 94.1 Å². The molecule has 2 N–H and O–H groups in total.